The first kappa shape index (κ1) is 12.9. The summed E-state index contributed by atoms with van der Waals surface area (Å²) in [6, 6.07) is 0. The van der Waals surface area contributed by atoms with Crippen LogP contribution in [0, 0.1) is 5.92 Å². The number of piperidine rings is 1. The monoisotopic (exact) mass is 319 g/mol. The fraction of sp³-hybridized carbons (Fsp3) is 0.727. The molecular weight excluding hydrogens is 297 g/mol. The number of hydrogen-bond donors (Lipinski definition) is 1. The van der Waals surface area contributed by atoms with E-state index >= 15 is 0 Å². The van der Waals surface area contributed by atoms with Gasteiger partial charge in [0.1, 0.15) is 0 Å². The molecule has 0 spiro atoms. The van der Waals surface area contributed by atoms with Gasteiger partial charge in [0, 0.05) is 0 Å². The predicted molar refractivity (Wildman–Crippen MR) is 64.8 cm³/mol. The molecule has 3 nitrogen and oxygen atoms in total. The second-order valence-corrected chi connectivity index (χ2v) is 20.0. The summed E-state index contributed by atoms with van der Waals surface area (Å²) in [5, 5.41) is 8.84. The molecule has 0 aliphatic carbocycles. The van der Waals surface area contributed by atoms with E-state index in [0.717, 1.165) is 12.8 Å². The van der Waals surface area contributed by atoms with Gasteiger partial charge in [0.25, 0.3) is 0 Å². The maximum atomic E-state index is 10.7. The summed E-state index contributed by atoms with van der Waals surface area (Å²) in [6.45, 7) is 5.61. The van der Waals surface area contributed by atoms with E-state index in [2.05, 4.69) is 21.4 Å². The molecule has 4 heteroatoms. The SMILES string of the molecule is C=[C](C1CCN(C(=O)O)CC1)[Sn]([CH3])([CH3])[CH3]. The van der Waals surface area contributed by atoms with E-state index in [4.69, 9.17) is 5.11 Å². The molecule has 0 radical (unpaired) electrons. The molecule has 1 saturated heterocycles. The summed E-state index contributed by atoms with van der Waals surface area (Å²) in [6.07, 6.45) is 1.16. The van der Waals surface area contributed by atoms with Crippen LogP contribution < -0.4 is 0 Å². The van der Waals surface area contributed by atoms with E-state index in [0.29, 0.717) is 19.0 Å². The number of amides is 1. The van der Waals surface area contributed by atoms with Crippen molar-refractivity contribution in [3.05, 3.63) is 10.2 Å². The zero-order valence-corrected chi connectivity index (χ0v) is 12.8. The number of likely N-dealkylation sites (tertiary alicyclic amines) is 1. The Bertz CT molecular complexity index is 262. The fourth-order valence-corrected chi connectivity index (χ4v) is 6.35. The van der Waals surface area contributed by atoms with Gasteiger partial charge in [-0.05, 0) is 0 Å². The molecule has 0 bridgehead atoms. The van der Waals surface area contributed by atoms with Gasteiger partial charge in [0.05, 0.1) is 0 Å². The topological polar surface area (TPSA) is 40.5 Å². The molecular formula is C11H21NO2Sn. The van der Waals surface area contributed by atoms with Crippen molar-refractivity contribution in [1.82, 2.24) is 4.90 Å². The molecule has 0 atom stereocenters. The van der Waals surface area contributed by atoms with Crippen LogP contribution in [0.15, 0.2) is 10.2 Å². The number of carboxylic acid groups (broad SMARTS) is 1. The van der Waals surface area contributed by atoms with Gasteiger partial charge in [-0.1, -0.05) is 0 Å². The molecule has 1 heterocycles. The summed E-state index contributed by atoms with van der Waals surface area (Å²) < 4.78 is 1.47. The molecule has 86 valence electrons. The summed E-state index contributed by atoms with van der Waals surface area (Å²) in [7, 11) is 0. The van der Waals surface area contributed by atoms with Crippen molar-refractivity contribution in [2.75, 3.05) is 13.1 Å². The van der Waals surface area contributed by atoms with Gasteiger partial charge >= 0.3 is 96.1 Å². The second kappa shape index (κ2) is 4.76. The van der Waals surface area contributed by atoms with E-state index in [1.165, 1.54) is 8.49 Å². The van der Waals surface area contributed by atoms with Gasteiger partial charge in [0.15, 0.2) is 0 Å². The maximum absolute atomic E-state index is 10.7. The van der Waals surface area contributed by atoms with Crippen LogP contribution in [-0.4, -0.2) is 47.6 Å². The van der Waals surface area contributed by atoms with Crippen LogP contribution in [-0.2, 0) is 0 Å². The van der Waals surface area contributed by atoms with Crippen molar-refractivity contribution in [1.29, 1.82) is 0 Å². The van der Waals surface area contributed by atoms with Crippen LogP contribution in [0.5, 0.6) is 0 Å². The Morgan fingerprint density at radius 3 is 2.13 bits per heavy atom. The summed E-state index contributed by atoms with van der Waals surface area (Å²) in [5.74, 6) is 0.580. The Kier molecular flexibility index (Phi) is 4.09. The van der Waals surface area contributed by atoms with Crippen molar-refractivity contribution in [3.63, 3.8) is 0 Å². The third-order valence-electron chi connectivity index (χ3n) is 3.22. The molecule has 0 aromatic rings. The van der Waals surface area contributed by atoms with Crippen molar-refractivity contribution in [2.45, 2.75) is 27.7 Å². The van der Waals surface area contributed by atoms with E-state index < -0.39 is 24.5 Å². The minimum absolute atomic E-state index is 0.580. The molecule has 1 fully saturated rings. The van der Waals surface area contributed by atoms with Crippen LogP contribution in [0.25, 0.3) is 0 Å². The van der Waals surface area contributed by atoms with Crippen molar-refractivity contribution >= 4 is 24.5 Å². The first-order valence-electron chi connectivity index (χ1n) is 5.49. The third kappa shape index (κ3) is 3.40. The van der Waals surface area contributed by atoms with E-state index in [1.54, 1.807) is 0 Å². The van der Waals surface area contributed by atoms with E-state index in [9.17, 15) is 4.79 Å². The Morgan fingerprint density at radius 2 is 1.80 bits per heavy atom. The number of carbonyl (C=O) groups is 1. The van der Waals surface area contributed by atoms with Crippen LogP contribution >= 0.6 is 0 Å². The Labute approximate surface area is 96.0 Å². The molecule has 0 saturated carbocycles. The molecule has 1 N–H and O–H groups in total. The van der Waals surface area contributed by atoms with Crippen LogP contribution in [0.3, 0.4) is 0 Å². The van der Waals surface area contributed by atoms with Gasteiger partial charge in [-0.15, -0.1) is 0 Å². The minimum atomic E-state index is -1.97. The van der Waals surface area contributed by atoms with Gasteiger partial charge in [-0.3, -0.25) is 0 Å². The molecule has 1 rings (SSSR count). The number of allylic oxidation sites excluding steroid dienone is 1. The van der Waals surface area contributed by atoms with E-state index in [-0.39, 0.29) is 0 Å². The number of nitrogens with zero attached hydrogens (tertiary/aromatic N) is 1. The molecule has 0 aromatic heterocycles. The second-order valence-electron chi connectivity index (χ2n) is 5.32. The first-order valence-corrected chi connectivity index (χ1v) is 15.5. The van der Waals surface area contributed by atoms with Crippen LogP contribution in [0.1, 0.15) is 12.8 Å². The van der Waals surface area contributed by atoms with Crippen molar-refractivity contribution in [3.8, 4) is 0 Å². The summed E-state index contributed by atoms with van der Waals surface area (Å²) >= 11 is -1.97. The van der Waals surface area contributed by atoms with Crippen LogP contribution in [0.2, 0.25) is 14.8 Å². The van der Waals surface area contributed by atoms with Gasteiger partial charge in [0.2, 0.25) is 0 Å². The number of rotatable bonds is 2. The van der Waals surface area contributed by atoms with Crippen molar-refractivity contribution < 1.29 is 9.90 Å². The predicted octanol–water partition coefficient (Wildman–Crippen LogP) is 2.81. The van der Waals surface area contributed by atoms with Crippen LogP contribution in [0.4, 0.5) is 4.79 Å². The Hall–Kier alpha value is -0.191. The molecule has 0 unspecified atom stereocenters. The molecule has 1 aliphatic rings. The third-order valence-corrected chi connectivity index (χ3v) is 9.89. The van der Waals surface area contributed by atoms with E-state index in [1.807, 2.05) is 0 Å². The molecule has 1 aliphatic heterocycles. The average molecular weight is 318 g/mol. The first-order chi connectivity index (χ1) is 6.82. The molecule has 0 aromatic carbocycles. The molecule has 15 heavy (non-hydrogen) atoms. The fourth-order valence-electron chi connectivity index (χ4n) is 2.03. The average Bonchev–Trinajstić information content (AvgIpc) is 2.15. The van der Waals surface area contributed by atoms with Gasteiger partial charge < -0.3 is 0 Å². The molecule has 1 amide bonds. The standard InChI is InChI=1S/C8H12NO2.3CH3.Sn/c1-2-7-3-5-9(6-4-7)8(10)11;;;;/h7H,1,3-6H2,(H,10,11);3*1H3;. The summed E-state index contributed by atoms with van der Waals surface area (Å²) in [4.78, 5) is 19.4. The Balaban J connectivity index is 2.51. The zero-order chi connectivity index (χ0) is 11.6. The normalized spacial score (nSPS) is 19.0. The van der Waals surface area contributed by atoms with Gasteiger partial charge in [-0.25, -0.2) is 0 Å². The van der Waals surface area contributed by atoms with Crippen molar-refractivity contribution in [2.24, 2.45) is 5.92 Å². The number of hydrogen-bond acceptors (Lipinski definition) is 1. The summed E-state index contributed by atoms with van der Waals surface area (Å²) in [5.41, 5.74) is 0. The zero-order valence-electron chi connectivity index (χ0n) is 9.92. The van der Waals surface area contributed by atoms with Gasteiger partial charge in [-0.2, -0.15) is 0 Å². The Morgan fingerprint density at radius 1 is 1.33 bits per heavy atom. The quantitative estimate of drug-likeness (QED) is 0.796.